The van der Waals surface area contributed by atoms with Crippen LogP contribution in [0.5, 0.6) is 0 Å². The van der Waals surface area contributed by atoms with Crippen LogP contribution in [0.1, 0.15) is 62.0 Å². The Hall–Kier alpha value is -1.00. The van der Waals surface area contributed by atoms with E-state index >= 15 is 0 Å². The summed E-state index contributed by atoms with van der Waals surface area (Å²) in [7, 11) is 1.73. The first-order chi connectivity index (χ1) is 9.13. The van der Waals surface area contributed by atoms with Gasteiger partial charge in [0, 0.05) is 30.6 Å². The summed E-state index contributed by atoms with van der Waals surface area (Å²) >= 11 is 0. The maximum absolute atomic E-state index is 5.48. The van der Waals surface area contributed by atoms with Crippen molar-refractivity contribution in [3.8, 4) is 0 Å². The number of ether oxygens (including phenoxy) is 1. The third-order valence-electron chi connectivity index (χ3n) is 3.29. The van der Waals surface area contributed by atoms with Crippen LogP contribution in [0.3, 0.4) is 0 Å². The molecule has 4 heteroatoms. The molecular weight excluding hydrogens is 238 g/mol. The maximum Gasteiger partial charge on any atom is 0.157 e. The van der Waals surface area contributed by atoms with Crippen molar-refractivity contribution in [3.05, 3.63) is 22.8 Å². The number of aryl methyl sites for hydroxylation is 2. The highest BCUT2D eigenvalue weighted by Crippen LogP contribution is 2.21. The number of rotatable bonds is 8. The summed E-state index contributed by atoms with van der Waals surface area (Å²) in [5, 5.41) is 3.41. The molecule has 108 valence electrons. The van der Waals surface area contributed by atoms with Crippen LogP contribution < -0.4 is 5.32 Å². The van der Waals surface area contributed by atoms with E-state index in [0.29, 0.717) is 0 Å². The Morgan fingerprint density at radius 3 is 2.21 bits per heavy atom. The zero-order valence-corrected chi connectivity index (χ0v) is 12.9. The van der Waals surface area contributed by atoms with Crippen molar-refractivity contribution in [1.82, 2.24) is 15.3 Å². The molecule has 0 radical (unpaired) electrons. The molecule has 0 saturated heterocycles. The summed E-state index contributed by atoms with van der Waals surface area (Å²) in [6.07, 6.45) is 3.18. The van der Waals surface area contributed by atoms with Crippen molar-refractivity contribution < 1.29 is 4.74 Å². The minimum Gasteiger partial charge on any atom is -0.373 e. The van der Waals surface area contributed by atoms with Crippen LogP contribution in [0.25, 0.3) is 0 Å². The Labute approximate surface area is 117 Å². The summed E-state index contributed by atoms with van der Waals surface area (Å²) in [6, 6.07) is 0. The van der Waals surface area contributed by atoms with Gasteiger partial charge < -0.3 is 10.1 Å². The molecule has 4 nitrogen and oxygen atoms in total. The number of hydrogen-bond acceptors (Lipinski definition) is 4. The zero-order chi connectivity index (χ0) is 14.3. The van der Waals surface area contributed by atoms with Crippen molar-refractivity contribution >= 4 is 0 Å². The highest BCUT2D eigenvalue weighted by Gasteiger charge is 2.16. The molecule has 1 unspecified atom stereocenters. The molecule has 19 heavy (non-hydrogen) atoms. The van der Waals surface area contributed by atoms with E-state index in [0.717, 1.165) is 49.6 Å². The van der Waals surface area contributed by atoms with E-state index in [1.54, 1.807) is 7.11 Å². The quantitative estimate of drug-likeness (QED) is 0.734. The Balaban J connectivity index is 2.88. The fourth-order valence-corrected chi connectivity index (χ4v) is 2.17. The average Bonchev–Trinajstić information content (AvgIpc) is 2.39. The molecule has 0 fully saturated rings. The molecule has 1 atom stereocenters. The van der Waals surface area contributed by atoms with Gasteiger partial charge in [-0.1, -0.05) is 20.3 Å². The van der Waals surface area contributed by atoms with Crippen molar-refractivity contribution in [2.45, 2.75) is 59.6 Å². The first-order valence-corrected chi connectivity index (χ1v) is 7.21. The highest BCUT2D eigenvalue weighted by atomic mass is 16.5. The Kier molecular flexibility index (Phi) is 6.95. The lowest BCUT2D eigenvalue weighted by Gasteiger charge is -2.16. The van der Waals surface area contributed by atoms with Crippen LogP contribution >= 0.6 is 0 Å². The van der Waals surface area contributed by atoms with E-state index in [4.69, 9.17) is 4.74 Å². The highest BCUT2D eigenvalue weighted by molar-refractivity contribution is 5.24. The molecule has 0 spiro atoms. The number of methoxy groups -OCH3 is 1. The second-order valence-corrected chi connectivity index (χ2v) is 4.92. The van der Waals surface area contributed by atoms with Crippen molar-refractivity contribution in [2.24, 2.45) is 0 Å². The average molecular weight is 265 g/mol. The van der Waals surface area contributed by atoms with E-state index in [-0.39, 0.29) is 6.10 Å². The summed E-state index contributed by atoms with van der Waals surface area (Å²) < 4.78 is 5.48. The van der Waals surface area contributed by atoms with Gasteiger partial charge in [0.05, 0.1) is 0 Å². The number of nitrogens with one attached hydrogen (secondary N) is 1. The largest absolute Gasteiger partial charge is 0.373 e. The smallest absolute Gasteiger partial charge is 0.157 e. The molecule has 0 aromatic carbocycles. The molecule has 1 aromatic rings. The van der Waals surface area contributed by atoms with Crippen molar-refractivity contribution in [2.75, 3.05) is 13.7 Å². The first-order valence-electron chi connectivity index (χ1n) is 7.21. The third-order valence-corrected chi connectivity index (χ3v) is 3.29. The second-order valence-electron chi connectivity index (χ2n) is 4.92. The molecule has 0 bridgehead atoms. The molecule has 0 saturated carbocycles. The predicted octanol–water partition coefficient (Wildman–Crippen LogP) is 3.08. The second kappa shape index (κ2) is 8.23. The molecule has 0 amide bonds. The standard InChI is InChI=1S/C15H27N3O/c1-6-8-14(19-5)15-17-11(3)13(12(4)18-15)10-16-9-7-2/h14,16H,6-10H2,1-5H3. The third kappa shape index (κ3) is 4.55. The molecule has 0 aliphatic heterocycles. The van der Waals surface area contributed by atoms with Gasteiger partial charge in [0.25, 0.3) is 0 Å². The van der Waals surface area contributed by atoms with Gasteiger partial charge in [-0.05, 0) is 33.2 Å². The topological polar surface area (TPSA) is 47.0 Å². The fourth-order valence-electron chi connectivity index (χ4n) is 2.17. The van der Waals surface area contributed by atoms with E-state index in [2.05, 4.69) is 43.0 Å². The summed E-state index contributed by atoms with van der Waals surface area (Å²) in [6.45, 7) is 10.3. The van der Waals surface area contributed by atoms with Crippen LogP contribution in [0.15, 0.2) is 0 Å². The van der Waals surface area contributed by atoms with Gasteiger partial charge in [-0.2, -0.15) is 0 Å². The van der Waals surface area contributed by atoms with E-state index in [1.165, 1.54) is 5.56 Å². The van der Waals surface area contributed by atoms with Crippen molar-refractivity contribution in [3.63, 3.8) is 0 Å². The van der Waals surface area contributed by atoms with Gasteiger partial charge in [0.2, 0.25) is 0 Å². The zero-order valence-electron chi connectivity index (χ0n) is 12.9. The normalized spacial score (nSPS) is 12.7. The fraction of sp³-hybridized carbons (Fsp3) is 0.733. The van der Waals surface area contributed by atoms with Crippen LogP contribution in [0.2, 0.25) is 0 Å². The summed E-state index contributed by atoms with van der Waals surface area (Å²) in [5.74, 6) is 0.818. The lowest BCUT2D eigenvalue weighted by molar-refractivity contribution is 0.0872. The van der Waals surface area contributed by atoms with Gasteiger partial charge in [-0.15, -0.1) is 0 Å². The minimum absolute atomic E-state index is 0.0139. The molecule has 1 aromatic heterocycles. The predicted molar refractivity (Wildman–Crippen MR) is 78.2 cm³/mol. The SMILES string of the molecule is CCCNCc1c(C)nc(C(CCC)OC)nc1C. The Morgan fingerprint density at radius 2 is 1.74 bits per heavy atom. The van der Waals surface area contributed by atoms with Gasteiger partial charge in [-0.3, -0.25) is 0 Å². The molecule has 1 N–H and O–H groups in total. The monoisotopic (exact) mass is 265 g/mol. The molecule has 0 aliphatic carbocycles. The lowest BCUT2D eigenvalue weighted by atomic mass is 10.1. The van der Waals surface area contributed by atoms with Crippen LogP contribution in [-0.4, -0.2) is 23.6 Å². The van der Waals surface area contributed by atoms with Gasteiger partial charge >= 0.3 is 0 Å². The van der Waals surface area contributed by atoms with Gasteiger partial charge in [-0.25, -0.2) is 9.97 Å². The Bertz CT molecular complexity index is 370. The molecular formula is C15H27N3O. The van der Waals surface area contributed by atoms with Gasteiger partial charge in [0.15, 0.2) is 5.82 Å². The number of hydrogen-bond donors (Lipinski definition) is 1. The summed E-state index contributed by atoms with van der Waals surface area (Å²) in [4.78, 5) is 9.25. The number of aromatic nitrogens is 2. The molecule has 1 heterocycles. The van der Waals surface area contributed by atoms with Crippen LogP contribution in [-0.2, 0) is 11.3 Å². The summed E-state index contributed by atoms with van der Waals surface area (Å²) in [5.41, 5.74) is 3.33. The lowest BCUT2D eigenvalue weighted by Crippen LogP contribution is -2.18. The molecule has 1 rings (SSSR count). The number of nitrogens with zero attached hydrogens (tertiary/aromatic N) is 2. The minimum atomic E-state index is 0.0139. The van der Waals surface area contributed by atoms with Crippen molar-refractivity contribution in [1.29, 1.82) is 0 Å². The Morgan fingerprint density at radius 1 is 1.11 bits per heavy atom. The molecule has 0 aliphatic rings. The van der Waals surface area contributed by atoms with Crippen LogP contribution in [0.4, 0.5) is 0 Å². The first kappa shape index (κ1) is 16.1. The van der Waals surface area contributed by atoms with E-state index in [9.17, 15) is 0 Å². The van der Waals surface area contributed by atoms with E-state index in [1.807, 2.05) is 0 Å². The van der Waals surface area contributed by atoms with E-state index < -0.39 is 0 Å². The van der Waals surface area contributed by atoms with Gasteiger partial charge in [0.1, 0.15) is 6.10 Å². The van der Waals surface area contributed by atoms with Crippen LogP contribution in [0, 0.1) is 13.8 Å². The maximum atomic E-state index is 5.48.